The van der Waals surface area contributed by atoms with Gasteiger partial charge < -0.3 is 10.1 Å². The molecule has 1 aromatic rings. The summed E-state index contributed by atoms with van der Waals surface area (Å²) in [6, 6.07) is 11.3. The number of benzene rings is 1. The number of morpholine rings is 1. The van der Waals surface area contributed by atoms with Crippen LogP contribution in [0.5, 0.6) is 0 Å². The van der Waals surface area contributed by atoms with Crippen molar-refractivity contribution in [1.29, 1.82) is 0 Å². The quantitative estimate of drug-likeness (QED) is 0.781. The third-order valence-corrected chi connectivity index (χ3v) is 4.16. The topological polar surface area (TPSA) is 24.5 Å². The van der Waals surface area contributed by atoms with E-state index in [-0.39, 0.29) is 0 Å². The number of nitrogens with zero attached hydrogens (tertiary/aromatic N) is 1. The average Bonchev–Trinajstić information content (AvgIpc) is 2.51. The molecule has 22 heavy (non-hydrogen) atoms. The first-order valence-corrected chi connectivity index (χ1v) is 8.63. The van der Waals surface area contributed by atoms with E-state index in [1.807, 2.05) is 0 Å². The zero-order valence-electron chi connectivity index (χ0n) is 14.5. The highest BCUT2D eigenvalue weighted by molar-refractivity contribution is 5.19. The van der Waals surface area contributed by atoms with E-state index >= 15 is 0 Å². The van der Waals surface area contributed by atoms with Gasteiger partial charge in [0.15, 0.2) is 0 Å². The van der Waals surface area contributed by atoms with Gasteiger partial charge in [-0.3, -0.25) is 4.90 Å². The Bertz CT molecular complexity index is 407. The molecule has 124 valence electrons. The second-order valence-electron chi connectivity index (χ2n) is 7.49. The number of ether oxygens (including phenoxy) is 1. The molecule has 0 aliphatic carbocycles. The fourth-order valence-corrected chi connectivity index (χ4v) is 3.01. The fraction of sp³-hybridized carbons (Fsp3) is 0.684. The molecular formula is C19H32N2O. The Hall–Kier alpha value is -0.900. The molecule has 1 N–H and O–H groups in total. The number of hydrogen-bond acceptors (Lipinski definition) is 3. The Morgan fingerprint density at radius 1 is 1.14 bits per heavy atom. The van der Waals surface area contributed by atoms with Gasteiger partial charge in [0.1, 0.15) is 0 Å². The molecule has 3 heteroatoms. The van der Waals surface area contributed by atoms with Crippen LogP contribution < -0.4 is 5.32 Å². The molecule has 1 aliphatic heterocycles. The lowest BCUT2D eigenvalue weighted by atomic mass is 9.85. The van der Waals surface area contributed by atoms with Gasteiger partial charge in [-0.15, -0.1) is 0 Å². The van der Waals surface area contributed by atoms with Crippen LogP contribution in [0.1, 0.15) is 45.2 Å². The maximum atomic E-state index is 5.40. The van der Waals surface area contributed by atoms with E-state index in [4.69, 9.17) is 4.74 Å². The molecule has 1 fully saturated rings. The summed E-state index contributed by atoms with van der Waals surface area (Å²) in [5.41, 5.74) is 1.74. The Balaban J connectivity index is 1.79. The first-order valence-electron chi connectivity index (χ1n) is 8.63. The summed E-state index contributed by atoms with van der Waals surface area (Å²) in [7, 11) is 0. The highest BCUT2D eigenvalue weighted by atomic mass is 16.5. The lowest BCUT2D eigenvalue weighted by molar-refractivity contribution is 0.0373. The van der Waals surface area contributed by atoms with Crippen LogP contribution in [0, 0.1) is 5.41 Å². The van der Waals surface area contributed by atoms with Crippen molar-refractivity contribution in [3.05, 3.63) is 35.9 Å². The monoisotopic (exact) mass is 304 g/mol. The molecule has 2 rings (SSSR count). The highest BCUT2D eigenvalue weighted by Crippen LogP contribution is 2.29. The van der Waals surface area contributed by atoms with E-state index in [1.165, 1.54) is 18.5 Å². The predicted octanol–water partition coefficient (Wildman–Crippen LogP) is 3.48. The molecule has 0 bridgehead atoms. The Morgan fingerprint density at radius 3 is 2.45 bits per heavy atom. The van der Waals surface area contributed by atoms with Crippen LogP contribution in [0.2, 0.25) is 0 Å². The summed E-state index contributed by atoms with van der Waals surface area (Å²) in [5, 5.41) is 3.77. The molecule has 1 heterocycles. The van der Waals surface area contributed by atoms with E-state index in [0.717, 1.165) is 39.3 Å². The number of rotatable bonds is 7. The summed E-state index contributed by atoms with van der Waals surface area (Å²) < 4.78 is 5.40. The second-order valence-corrected chi connectivity index (χ2v) is 7.49. The van der Waals surface area contributed by atoms with E-state index in [2.05, 4.69) is 61.3 Å². The lowest BCUT2D eigenvalue weighted by Gasteiger charge is -2.29. The zero-order chi connectivity index (χ0) is 15.8. The van der Waals surface area contributed by atoms with E-state index < -0.39 is 0 Å². The molecule has 1 aliphatic rings. The van der Waals surface area contributed by atoms with E-state index in [9.17, 15) is 0 Å². The molecule has 1 saturated heterocycles. The average molecular weight is 304 g/mol. The molecule has 1 atom stereocenters. The number of nitrogens with one attached hydrogen (secondary N) is 1. The molecule has 0 amide bonds. The maximum absolute atomic E-state index is 5.40. The van der Waals surface area contributed by atoms with Crippen LogP contribution >= 0.6 is 0 Å². The third kappa shape index (κ3) is 6.47. The van der Waals surface area contributed by atoms with Crippen molar-refractivity contribution in [1.82, 2.24) is 10.2 Å². The fourth-order valence-electron chi connectivity index (χ4n) is 3.01. The SMILES string of the molecule is CC(C)(C)CC(NCCCN1CCOCC1)c1ccccc1. The highest BCUT2D eigenvalue weighted by Gasteiger charge is 2.19. The van der Waals surface area contributed by atoms with E-state index in [0.29, 0.717) is 11.5 Å². The Kier molecular flexibility index (Phi) is 6.87. The van der Waals surface area contributed by atoms with E-state index in [1.54, 1.807) is 0 Å². The van der Waals surface area contributed by atoms with Crippen molar-refractivity contribution in [3.8, 4) is 0 Å². The maximum Gasteiger partial charge on any atom is 0.0594 e. The first-order chi connectivity index (χ1) is 10.5. The van der Waals surface area contributed by atoms with Crippen LogP contribution in [0.15, 0.2) is 30.3 Å². The normalized spacial score (nSPS) is 18.3. The van der Waals surface area contributed by atoms with Crippen molar-refractivity contribution in [2.45, 2.75) is 39.7 Å². The minimum absolute atomic E-state index is 0.331. The van der Waals surface area contributed by atoms with Crippen molar-refractivity contribution >= 4 is 0 Å². The van der Waals surface area contributed by atoms with Gasteiger partial charge in [0.25, 0.3) is 0 Å². The lowest BCUT2D eigenvalue weighted by Crippen LogP contribution is -2.38. The third-order valence-electron chi connectivity index (χ3n) is 4.16. The van der Waals surface area contributed by atoms with Crippen molar-refractivity contribution in [2.75, 3.05) is 39.4 Å². The molecule has 0 spiro atoms. The summed E-state index contributed by atoms with van der Waals surface area (Å²) in [6.45, 7) is 13.2. The molecular weight excluding hydrogens is 272 g/mol. The van der Waals surface area contributed by atoms with Gasteiger partial charge >= 0.3 is 0 Å². The van der Waals surface area contributed by atoms with Gasteiger partial charge in [0, 0.05) is 19.1 Å². The standard InChI is InChI=1S/C19H32N2O/c1-19(2,3)16-18(17-8-5-4-6-9-17)20-10-7-11-21-12-14-22-15-13-21/h4-6,8-9,18,20H,7,10-16H2,1-3H3. The van der Waals surface area contributed by atoms with Crippen LogP contribution in [0.25, 0.3) is 0 Å². The van der Waals surface area contributed by atoms with Crippen LogP contribution in [-0.4, -0.2) is 44.3 Å². The first kappa shape index (κ1) is 17.5. The molecule has 0 saturated carbocycles. The smallest absolute Gasteiger partial charge is 0.0594 e. The zero-order valence-corrected chi connectivity index (χ0v) is 14.5. The second kappa shape index (κ2) is 8.66. The van der Waals surface area contributed by atoms with Crippen molar-refractivity contribution in [3.63, 3.8) is 0 Å². The van der Waals surface area contributed by atoms with Gasteiger partial charge in [-0.2, -0.15) is 0 Å². The van der Waals surface area contributed by atoms with Crippen LogP contribution in [-0.2, 0) is 4.74 Å². The molecule has 1 unspecified atom stereocenters. The van der Waals surface area contributed by atoms with Crippen molar-refractivity contribution < 1.29 is 4.74 Å². The molecule has 0 aromatic heterocycles. The minimum Gasteiger partial charge on any atom is -0.379 e. The summed E-state index contributed by atoms with van der Waals surface area (Å²) in [5.74, 6) is 0. The van der Waals surface area contributed by atoms with Crippen LogP contribution in [0.3, 0.4) is 0 Å². The van der Waals surface area contributed by atoms with Crippen molar-refractivity contribution in [2.24, 2.45) is 5.41 Å². The summed E-state index contributed by atoms with van der Waals surface area (Å²) >= 11 is 0. The van der Waals surface area contributed by atoms with Gasteiger partial charge in [-0.1, -0.05) is 51.1 Å². The van der Waals surface area contributed by atoms with Gasteiger partial charge in [0.2, 0.25) is 0 Å². The summed E-state index contributed by atoms with van der Waals surface area (Å²) in [4.78, 5) is 2.51. The number of hydrogen-bond donors (Lipinski definition) is 1. The van der Waals surface area contributed by atoms with Gasteiger partial charge in [-0.05, 0) is 36.9 Å². The largest absolute Gasteiger partial charge is 0.379 e. The predicted molar refractivity (Wildman–Crippen MR) is 93.1 cm³/mol. The minimum atomic E-state index is 0.331. The molecule has 0 radical (unpaired) electrons. The molecule has 3 nitrogen and oxygen atoms in total. The van der Waals surface area contributed by atoms with Gasteiger partial charge in [-0.25, -0.2) is 0 Å². The van der Waals surface area contributed by atoms with Gasteiger partial charge in [0.05, 0.1) is 13.2 Å². The Labute approximate surface area is 136 Å². The molecule has 1 aromatic carbocycles. The van der Waals surface area contributed by atoms with Crippen LogP contribution in [0.4, 0.5) is 0 Å². The Morgan fingerprint density at radius 2 is 1.82 bits per heavy atom. The summed E-state index contributed by atoms with van der Waals surface area (Å²) in [6.07, 6.45) is 2.36.